The highest BCUT2D eigenvalue weighted by Crippen LogP contribution is 1.95. The third-order valence-corrected chi connectivity index (χ3v) is 1.83. The van der Waals surface area contributed by atoms with E-state index >= 15 is 0 Å². The van der Waals surface area contributed by atoms with Crippen LogP contribution in [0.15, 0.2) is 17.3 Å². The fraction of sp³-hybridized carbons (Fsp3) is 0.250. The molecule has 0 bridgehead atoms. The fourth-order valence-electron chi connectivity index (χ4n) is 1.15. The SMILES string of the molecule is CCOC(=O)c1cnc2[nH]ncn2c1=O. The van der Waals surface area contributed by atoms with Crippen LogP contribution in [0.2, 0.25) is 0 Å². The van der Waals surface area contributed by atoms with Crippen molar-refractivity contribution in [3.8, 4) is 0 Å². The van der Waals surface area contributed by atoms with E-state index in [0.717, 1.165) is 4.40 Å². The predicted octanol–water partition coefficient (Wildman–Crippen LogP) is -0.406. The van der Waals surface area contributed by atoms with E-state index in [1.807, 2.05) is 0 Å². The number of H-pyrrole nitrogens is 1. The van der Waals surface area contributed by atoms with Gasteiger partial charge in [-0.15, -0.1) is 0 Å². The summed E-state index contributed by atoms with van der Waals surface area (Å²) in [6.45, 7) is 1.88. The second kappa shape index (κ2) is 3.52. The summed E-state index contributed by atoms with van der Waals surface area (Å²) < 4.78 is 5.86. The molecule has 0 radical (unpaired) electrons. The van der Waals surface area contributed by atoms with Crippen LogP contribution < -0.4 is 5.56 Å². The maximum Gasteiger partial charge on any atom is 0.345 e. The predicted molar refractivity (Wildman–Crippen MR) is 49.6 cm³/mol. The van der Waals surface area contributed by atoms with Crippen molar-refractivity contribution in [2.75, 3.05) is 6.61 Å². The Balaban J connectivity index is 2.57. The minimum Gasteiger partial charge on any atom is -0.462 e. The summed E-state index contributed by atoms with van der Waals surface area (Å²) in [6, 6.07) is 0. The Labute approximate surface area is 83.7 Å². The van der Waals surface area contributed by atoms with E-state index in [1.54, 1.807) is 6.92 Å². The molecule has 0 aliphatic rings. The zero-order valence-electron chi connectivity index (χ0n) is 7.93. The maximum absolute atomic E-state index is 11.7. The van der Waals surface area contributed by atoms with Crippen LogP contribution in [0.5, 0.6) is 0 Å². The minimum atomic E-state index is -0.675. The van der Waals surface area contributed by atoms with Crippen molar-refractivity contribution in [1.29, 1.82) is 0 Å². The lowest BCUT2D eigenvalue weighted by atomic mass is 10.3. The summed E-state index contributed by atoms with van der Waals surface area (Å²) >= 11 is 0. The molecular formula is C8H8N4O3. The Hall–Kier alpha value is -2.18. The van der Waals surface area contributed by atoms with Crippen molar-refractivity contribution in [2.24, 2.45) is 0 Å². The summed E-state index contributed by atoms with van der Waals surface area (Å²) in [5, 5.41) is 6.14. The summed E-state index contributed by atoms with van der Waals surface area (Å²) in [7, 11) is 0. The van der Waals surface area contributed by atoms with Gasteiger partial charge in [-0.3, -0.25) is 4.79 Å². The van der Waals surface area contributed by atoms with Gasteiger partial charge in [-0.1, -0.05) is 0 Å². The van der Waals surface area contributed by atoms with Crippen molar-refractivity contribution in [1.82, 2.24) is 19.6 Å². The van der Waals surface area contributed by atoms with Crippen molar-refractivity contribution in [3.63, 3.8) is 0 Å². The summed E-state index contributed by atoms with van der Waals surface area (Å²) in [6.07, 6.45) is 2.43. The molecule has 0 saturated heterocycles. The van der Waals surface area contributed by atoms with Crippen LogP contribution in [0.4, 0.5) is 0 Å². The Morgan fingerprint density at radius 2 is 2.47 bits per heavy atom. The van der Waals surface area contributed by atoms with Crippen LogP contribution in [-0.4, -0.2) is 32.2 Å². The van der Waals surface area contributed by atoms with Crippen LogP contribution in [0.3, 0.4) is 0 Å². The zero-order valence-corrected chi connectivity index (χ0v) is 7.93. The first-order chi connectivity index (χ1) is 7.24. The topological polar surface area (TPSA) is 89.3 Å². The smallest absolute Gasteiger partial charge is 0.345 e. The lowest BCUT2D eigenvalue weighted by Crippen LogP contribution is -2.23. The van der Waals surface area contributed by atoms with Crippen LogP contribution in [0.1, 0.15) is 17.3 Å². The van der Waals surface area contributed by atoms with Gasteiger partial charge in [0, 0.05) is 0 Å². The largest absolute Gasteiger partial charge is 0.462 e. The van der Waals surface area contributed by atoms with Gasteiger partial charge in [0.05, 0.1) is 12.8 Å². The number of nitrogens with zero attached hydrogens (tertiary/aromatic N) is 3. The van der Waals surface area contributed by atoms with E-state index < -0.39 is 11.5 Å². The Bertz CT molecular complexity index is 556. The summed E-state index contributed by atoms with van der Waals surface area (Å²) in [5.41, 5.74) is -0.594. The van der Waals surface area contributed by atoms with E-state index in [1.165, 1.54) is 12.5 Å². The Kier molecular flexibility index (Phi) is 2.20. The van der Waals surface area contributed by atoms with Gasteiger partial charge in [-0.25, -0.2) is 19.3 Å². The third-order valence-electron chi connectivity index (χ3n) is 1.83. The number of hydrogen-bond donors (Lipinski definition) is 1. The standard InChI is InChI=1S/C8H8N4O3/c1-2-15-7(14)5-3-9-8-11-10-4-12(8)6(5)13/h3-4H,2H2,1H3,(H,9,11). The highest BCUT2D eigenvalue weighted by Gasteiger charge is 2.14. The number of carbonyl (C=O) groups is 1. The number of aromatic nitrogens is 4. The molecule has 2 rings (SSSR count). The van der Waals surface area contributed by atoms with Crippen molar-refractivity contribution in [2.45, 2.75) is 6.92 Å². The first kappa shape index (κ1) is 9.38. The molecule has 2 heterocycles. The molecule has 0 unspecified atom stereocenters. The molecule has 78 valence electrons. The van der Waals surface area contributed by atoms with E-state index in [4.69, 9.17) is 4.74 Å². The molecule has 0 aliphatic heterocycles. The van der Waals surface area contributed by atoms with Crippen LogP contribution in [0, 0.1) is 0 Å². The second-order valence-corrected chi connectivity index (χ2v) is 2.75. The number of carbonyl (C=O) groups excluding carboxylic acids is 1. The van der Waals surface area contributed by atoms with E-state index in [9.17, 15) is 9.59 Å². The lowest BCUT2D eigenvalue weighted by Gasteiger charge is -1.99. The van der Waals surface area contributed by atoms with Gasteiger partial charge in [-0.05, 0) is 6.92 Å². The van der Waals surface area contributed by atoms with E-state index in [0.29, 0.717) is 0 Å². The Morgan fingerprint density at radius 3 is 3.20 bits per heavy atom. The molecule has 7 heteroatoms. The molecule has 1 N–H and O–H groups in total. The quantitative estimate of drug-likeness (QED) is 0.678. The molecule has 0 saturated carbocycles. The molecular weight excluding hydrogens is 200 g/mol. The van der Waals surface area contributed by atoms with Gasteiger partial charge in [0.25, 0.3) is 5.56 Å². The molecule has 0 spiro atoms. The monoisotopic (exact) mass is 208 g/mol. The highest BCUT2D eigenvalue weighted by molar-refractivity contribution is 5.88. The maximum atomic E-state index is 11.7. The average Bonchev–Trinajstić information content (AvgIpc) is 2.67. The Morgan fingerprint density at radius 1 is 1.67 bits per heavy atom. The lowest BCUT2D eigenvalue weighted by molar-refractivity contribution is 0.0523. The summed E-state index contributed by atoms with van der Waals surface area (Å²) in [5.74, 6) is -0.390. The highest BCUT2D eigenvalue weighted by atomic mass is 16.5. The average molecular weight is 208 g/mol. The molecule has 0 amide bonds. The fourth-order valence-corrected chi connectivity index (χ4v) is 1.15. The van der Waals surface area contributed by atoms with Crippen molar-refractivity contribution < 1.29 is 9.53 Å². The number of rotatable bonds is 2. The minimum absolute atomic E-state index is 0.101. The van der Waals surface area contributed by atoms with Gasteiger partial charge < -0.3 is 4.74 Å². The number of esters is 1. The van der Waals surface area contributed by atoms with Gasteiger partial charge in [0.15, 0.2) is 0 Å². The number of ether oxygens (including phenoxy) is 1. The molecule has 0 aromatic carbocycles. The molecule has 0 aliphatic carbocycles. The normalized spacial score (nSPS) is 10.5. The summed E-state index contributed by atoms with van der Waals surface area (Å²) in [4.78, 5) is 26.8. The third kappa shape index (κ3) is 1.47. The second-order valence-electron chi connectivity index (χ2n) is 2.75. The number of fused-ring (bicyclic) bond motifs is 1. The van der Waals surface area contributed by atoms with Gasteiger partial charge in [-0.2, -0.15) is 5.10 Å². The molecule has 2 aromatic rings. The van der Waals surface area contributed by atoms with Crippen LogP contribution in [0.25, 0.3) is 5.78 Å². The van der Waals surface area contributed by atoms with Crippen LogP contribution in [-0.2, 0) is 4.74 Å². The van der Waals surface area contributed by atoms with E-state index in [2.05, 4.69) is 15.2 Å². The van der Waals surface area contributed by atoms with E-state index in [-0.39, 0.29) is 17.9 Å². The molecule has 15 heavy (non-hydrogen) atoms. The van der Waals surface area contributed by atoms with Crippen LogP contribution >= 0.6 is 0 Å². The zero-order chi connectivity index (χ0) is 10.8. The first-order valence-electron chi connectivity index (χ1n) is 4.32. The molecule has 0 atom stereocenters. The van der Waals surface area contributed by atoms with Gasteiger partial charge >= 0.3 is 5.97 Å². The number of hydrogen-bond acceptors (Lipinski definition) is 5. The van der Waals surface area contributed by atoms with Crippen molar-refractivity contribution >= 4 is 11.7 Å². The molecule has 7 nitrogen and oxygen atoms in total. The van der Waals surface area contributed by atoms with Gasteiger partial charge in [0.1, 0.15) is 11.9 Å². The first-order valence-corrected chi connectivity index (χ1v) is 4.32. The molecule has 2 aromatic heterocycles. The van der Waals surface area contributed by atoms with Gasteiger partial charge in [0.2, 0.25) is 5.78 Å². The number of aromatic amines is 1. The molecule has 0 fully saturated rings. The van der Waals surface area contributed by atoms with Crippen molar-refractivity contribution in [3.05, 3.63) is 28.4 Å². The number of nitrogens with one attached hydrogen (secondary N) is 1.